The summed E-state index contributed by atoms with van der Waals surface area (Å²) in [5.74, 6) is 0. The molecule has 0 fully saturated rings. The van der Waals surface area contributed by atoms with Crippen LogP contribution in [0.1, 0.15) is 0 Å². The predicted octanol–water partition coefficient (Wildman–Crippen LogP) is 1.62. The van der Waals surface area contributed by atoms with Crippen LogP contribution in [0, 0.1) is 0 Å². The molecule has 0 saturated heterocycles. The fourth-order valence-electron chi connectivity index (χ4n) is 0.642. The molecular weight excluding hydrogens is 327 g/mol. The van der Waals surface area contributed by atoms with Crippen molar-refractivity contribution in [3.05, 3.63) is 60.7 Å². The third-order valence-electron chi connectivity index (χ3n) is 1.11. The fourth-order valence-corrected chi connectivity index (χ4v) is 0.642. The molecule has 12 heavy (non-hydrogen) atoms. The van der Waals surface area contributed by atoms with E-state index in [9.17, 15) is 0 Å². The summed E-state index contributed by atoms with van der Waals surface area (Å²) in [6.45, 7) is 0. The van der Waals surface area contributed by atoms with Gasteiger partial charge in [-0.2, -0.15) is 36.4 Å². The molecule has 0 amide bonds. The van der Waals surface area contributed by atoms with E-state index in [0.717, 1.165) is 0 Å². The van der Waals surface area contributed by atoms with Crippen LogP contribution in [-0.2, 0) is 25.8 Å². The van der Waals surface area contributed by atoms with E-state index in [4.69, 9.17) is 0 Å². The Kier molecular flexibility index (Phi) is 12.9. The molecule has 0 heterocycles. The molecule has 0 N–H and O–H groups in total. The van der Waals surface area contributed by atoms with E-state index in [-0.39, 0.29) is 36.8 Å². The summed E-state index contributed by atoms with van der Waals surface area (Å²) in [5, 5.41) is 0. The Morgan fingerprint density at radius 2 is 0.833 bits per heavy atom. The zero-order valence-corrected chi connectivity index (χ0v) is 12.9. The molecule has 2 heteroatoms. The van der Waals surface area contributed by atoms with Crippen molar-refractivity contribution in [1.82, 2.24) is 0 Å². The van der Waals surface area contributed by atoms with Gasteiger partial charge >= 0.3 is 0 Å². The molecule has 0 saturated carbocycles. The Hall–Kier alpha value is -0.213. The quantitative estimate of drug-likeness (QED) is 0.505. The third-order valence-corrected chi connectivity index (χ3v) is 1.11. The van der Waals surface area contributed by atoms with Gasteiger partial charge < -0.3 is 0 Å². The molecule has 0 bridgehead atoms. The average Bonchev–Trinajstić information content (AvgIpc) is 2.67. The van der Waals surface area contributed by atoms with Crippen LogP contribution in [0.4, 0.5) is 0 Å². The van der Waals surface area contributed by atoms with Gasteiger partial charge in [0.2, 0.25) is 0 Å². The maximum absolute atomic E-state index is 2.00. The van der Waals surface area contributed by atoms with E-state index in [0.29, 0.717) is 0 Å². The largest absolute Gasteiger partial charge is 0.214 e. The zero-order chi connectivity index (χ0) is 7.07. The summed E-state index contributed by atoms with van der Waals surface area (Å²) in [6.07, 6.45) is 0. The molecule has 0 aliphatic carbocycles. The Morgan fingerprint density at radius 1 is 0.583 bits per heavy atom. The summed E-state index contributed by atoms with van der Waals surface area (Å²) >= 11 is 0. The monoisotopic (exact) mass is 341 g/mol. The van der Waals surface area contributed by atoms with Crippen LogP contribution in [0.2, 0.25) is 0 Å². The van der Waals surface area contributed by atoms with E-state index in [1.54, 1.807) is 0 Å². The summed E-state index contributed by atoms with van der Waals surface area (Å²) < 4.78 is 0. The van der Waals surface area contributed by atoms with Gasteiger partial charge in [-0.3, -0.25) is 0 Å². The SMILES string of the molecule is [Hf].[SiH3].c1cc[cH-]c1.c1cc[cH-]c1. The topological polar surface area (TPSA) is 0 Å². The molecule has 0 nitrogen and oxygen atoms in total. The Labute approximate surface area is 97.2 Å². The molecule has 0 aromatic heterocycles. The first-order valence-corrected chi connectivity index (χ1v) is 3.33. The van der Waals surface area contributed by atoms with E-state index >= 15 is 0 Å². The minimum absolute atomic E-state index is 0. The molecule has 63 valence electrons. The summed E-state index contributed by atoms with van der Waals surface area (Å²) in [7, 11) is 0. The van der Waals surface area contributed by atoms with Crippen molar-refractivity contribution in [3.8, 4) is 0 Å². The van der Waals surface area contributed by atoms with Gasteiger partial charge in [0.1, 0.15) is 0 Å². The number of hydrogen-bond acceptors (Lipinski definition) is 0. The van der Waals surface area contributed by atoms with Crippen molar-refractivity contribution in [2.24, 2.45) is 0 Å². The van der Waals surface area contributed by atoms with Crippen LogP contribution < -0.4 is 0 Å². The smallest absolute Gasteiger partial charge is 0 e. The van der Waals surface area contributed by atoms with Gasteiger partial charge in [0, 0.05) is 25.8 Å². The Balaban J connectivity index is 0. The summed E-state index contributed by atoms with van der Waals surface area (Å²) in [4.78, 5) is 0. The van der Waals surface area contributed by atoms with Crippen LogP contribution in [0.3, 0.4) is 0 Å². The van der Waals surface area contributed by atoms with Crippen LogP contribution >= 0.6 is 0 Å². The van der Waals surface area contributed by atoms with Crippen LogP contribution in [0.5, 0.6) is 0 Å². The average molecular weight is 340 g/mol. The van der Waals surface area contributed by atoms with Gasteiger partial charge in [0.15, 0.2) is 0 Å². The second-order valence-corrected chi connectivity index (χ2v) is 1.92. The van der Waals surface area contributed by atoms with Gasteiger partial charge in [-0.05, 0) is 11.0 Å². The van der Waals surface area contributed by atoms with Crippen molar-refractivity contribution in [2.75, 3.05) is 0 Å². The number of hydrogen-bond donors (Lipinski definition) is 0. The van der Waals surface area contributed by atoms with Crippen molar-refractivity contribution in [1.29, 1.82) is 0 Å². The molecule has 2 aromatic rings. The molecule has 0 aliphatic rings. The second-order valence-electron chi connectivity index (χ2n) is 1.92. The maximum atomic E-state index is 2.00. The van der Waals surface area contributed by atoms with Crippen LogP contribution in [0.15, 0.2) is 60.7 Å². The van der Waals surface area contributed by atoms with Crippen molar-refractivity contribution in [2.45, 2.75) is 0 Å². The van der Waals surface area contributed by atoms with Crippen molar-refractivity contribution >= 4 is 11.0 Å². The van der Waals surface area contributed by atoms with Crippen LogP contribution in [-0.4, -0.2) is 11.0 Å². The molecule has 2 rings (SSSR count). The molecule has 0 unspecified atom stereocenters. The van der Waals surface area contributed by atoms with Gasteiger partial charge in [-0.25, -0.2) is 24.3 Å². The molecule has 1 radical (unpaired) electrons. The first-order valence-electron chi connectivity index (χ1n) is 3.33. The van der Waals surface area contributed by atoms with Gasteiger partial charge in [0.05, 0.1) is 0 Å². The predicted molar refractivity (Wildman–Crippen MR) is 54.0 cm³/mol. The van der Waals surface area contributed by atoms with E-state index < -0.39 is 0 Å². The van der Waals surface area contributed by atoms with Gasteiger partial charge in [0.25, 0.3) is 0 Å². The summed E-state index contributed by atoms with van der Waals surface area (Å²) in [5.41, 5.74) is 0. The van der Waals surface area contributed by atoms with E-state index in [1.807, 2.05) is 60.7 Å². The zero-order valence-electron chi connectivity index (χ0n) is 7.27. The normalized spacial score (nSPS) is 6.67. The van der Waals surface area contributed by atoms with Crippen molar-refractivity contribution in [3.63, 3.8) is 0 Å². The summed E-state index contributed by atoms with van der Waals surface area (Å²) in [6, 6.07) is 20.0. The first-order chi connectivity index (χ1) is 5.00. The van der Waals surface area contributed by atoms with E-state index in [2.05, 4.69) is 0 Å². The van der Waals surface area contributed by atoms with Gasteiger partial charge in [-0.1, -0.05) is 0 Å². The molecule has 0 aliphatic heterocycles. The number of rotatable bonds is 0. The maximum Gasteiger partial charge on any atom is 0 e. The molecule has 0 spiro atoms. The first kappa shape index (κ1) is 14.3. The minimum atomic E-state index is 0. The molecular formula is C10H13HfSi-2. The van der Waals surface area contributed by atoms with E-state index in [1.165, 1.54) is 0 Å². The fraction of sp³-hybridized carbons (Fsp3) is 0. The minimum Gasteiger partial charge on any atom is -0.214 e. The van der Waals surface area contributed by atoms with Crippen LogP contribution in [0.25, 0.3) is 0 Å². The molecule has 2 aromatic carbocycles. The van der Waals surface area contributed by atoms with Crippen molar-refractivity contribution < 1.29 is 25.8 Å². The standard InChI is InChI=1S/2C5H5.Hf.H3Si/c2*1-2-4-5-3-1;;/h2*1-5H;;1H3/q2*-1;;. The second kappa shape index (κ2) is 10.8. The third kappa shape index (κ3) is 7.89. The molecule has 0 atom stereocenters. The Bertz CT molecular complexity index is 149. The van der Waals surface area contributed by atoms with Gasteiger partial charge in [-0.15, -0.1) is 0 Å². The Morgan fingerprint density at radius 3 is 0.917 bits per heavy atom.